The average molecular weight is 300 g/mol. The molecular formula is C17H20N2OS. The van der Waals surface area contributed by atoms with E-state index in [2.05, 4.69) is 31.3 Å². The van der Waals surface area contributed by atoms with E-state index >= 15 is 0 Å². The van der Waals surface area contributed by atoms with E-state index in [-0.39, 0.29) is 11.3 Å². The summed E-state index contributed by atoms with van der Waals surface area (Å²) in [4.78, 5) is 13.1. The summed E-state index contributed by atoms with van der Waals surface area (Å²) in [6, 6.07) is 11.6. The van der Waals surface area contributed by atoms with Crippen LogP contribution in [0.4, 0.5) is 0 Å². The summed E-state index contributed by atoms with van der Waals surface area (Å²) in [5.41, 5.74) is 5.32. The quantitative estimate of drug-likeness (QED) is 0.670. The second-order valence-electron chi connectivity index (χ2n) is 5.94. The fourth-order valence-electron chi connectivity index (χ4n) is 1.86. The van der Waals surface area contributed by atoms with E-state index in [4.69, 9.17) is 0 Å². The molecule has 1 aromatic heterocycles. The molecule has 110 valence electrons. The van der Waals surface area contributed by atoms with Crippen molar-refractivity contribution in [3.63, 3.8) is 0 Å². The summed E-state index contributed by atoms with van der Waals surface area (Å²) in [5, 5.41) is 6.13. The average Bonchev–Trinajstić information content (AvgIpc) is 2.98. The maximum atomic E-state index is 12.1. The van der Waals surface area contributed by atoms with Crippen LogP contribution in [0.5, 0.6) is 0 Å². The van der Waals surface area contributed by atoms with Gasteiger partial charge in [-0.15, -0.1) is 11.3 Å². The van der Waals surface area contributed by atoms with Gasteiger partial charge >= 0.3 is 0 Å². The van der Waals surface area contributed by atoms with Gasteiger partial charge in [0.15, 0.2) is 0 Å². The summed E-state index contributed by atoms with van der Waals surface area (Å²) >= 11 is 1.60. The van der Waals surface area contributed by atoms with Crippen molar-refractivity contribution in [2.45, 2.75) is 33.1 Å². The second kappa shape index (κ2) is 6.22. The van der Waals surface area contributed by atoms with Crippen molar-refractivity contribution in [1.29, 1.82) is 0 Å². The fourth-order valence-corrected chi connectivity index (χ4v) is 2.54. The molecule has 1 amide bonds. The van der Waals surface area contributed by atoms with Gasteiger partial charge in [0.1, 0.15) is 0 Å². The maximum Gasteiger partial charge on any atom is 0.271 e. The number of hydrogen-bond acceptors (Lipinski definition) is 3. The summed E-state index contributed by atoms with van der Waals surface area (Å²) in [6.45, 7) is 8.33. The minimum absolute atomic E-state index is 0.0862. The van der Waals surface area contributed by atoms with E-state index in [0.29, 0.717) is 5.56 Å². The topological polar surface area (TPSA) is 41.5 Å². The Hall–Kier alpha value is -1.94. The standard InChI is InChI=1S/C17H20N2OS/c1-12(15-6-5-11-21-15)18-19-16(20)13-7-9-14(10-8-13)17(2,3)4/h5-11H,1-4H3,(H,19,20)/b18-12-. The molecule has 0 atom stereocenters. The van der Waals surface area contributed by atoms with Gasteiger partial charge in [-0.3, -0.25) is 4.79 Å². The Bertz CT molecular complexity index is 634. The van der Waals surface area contributed by atoms with Crippen molar-refractivity contribution >= 4 is 23.0 Å². The van der Waals surface area contributed by atoms with Crippen LogP contribution in [0.2, 0.25) is 0 Å². The number of thiophene rings is 1. The Morgan fingerprint density at radius 1 is 1.14 bits per heavy atom. The van der Waals surface area contributed by atoms with Gasteiger partial charge in [0.25, 0.3) is 5.91 Å². The molecule has 0 fully saturated rings. The first-order valence-corrected chi connectivity index (χ1v) is 7.75. The van der Waals surface area contributed by atoms with E-state index < -0.39 is 0 Å². The van der Waals surface area contributed by atoms with E-state index in [1.807, 2.05) is 48.7 Å². The zero-order chi connectivity index (χ0) is 15.5. The highest BCUT2D eigenvalue weighted by Crippen LogP contribution is 2.22. The van der Waals surface area contributed by atoms with E-state index in [9.17, 15) is 4.79 Å². The lowest BCUT2D eigenvalue weighted by Gasteiger charge is -2.18. The van der Waals surface area contributed by atoms with Gasteiger partial charge in [-0.1, -0.05) is 39.0 Å². The van der Waals surface area contributed by atoms with Gasteiger partial charge in [0.05, 0.1) is 5.71 Å². The molecule has 2 rings (SSSR count). The monoisotopic (exact) mass is 300 g/mol. The molecule has 0 spiro atoms. The van der Waals surface area contributed by atoms with Crippen LogP contribution in [0, 0.1) is 0 Å². The minimum atomic E-state index is -0.189. The van der Waals surface area contributed by atoms with Gasteiger partial charge < -0.3 is 0 Å². The van der Waals surface area contributed by atoms with Crippen LogP contribution in [0.3, 0.4) is 0 Å². The summed E-state index contributed by atoms with van der Waals surface area (Å²) in [7, 11) is 0. The van der Waals surface area contributed by atoms with Crippen molar-refractivity contribution in [2.24, 2.45) is 5.10 Å². The van der Waals surface area contributed by atoms with E-state index in [1.54, 1.807) is 11.3 Å². The molecule has 0 saturated carbocycles. The number of hydrogen-bond donors (Lipinski definition) is 1. The number of hydrazone groups is 1. The smallest absolute Gasteiger partial charge is 0.267 e. The van der Waals surface area contributed by atoms with Crippen molar-refractivity contribution in [3.05, 3.63) is 57.8 Å². The Balaban J connectivity index is 2.06. The van der Waals surface area contributed by atoms with Crippen LogP contribution in [-0.4, -0.2) is 11.6 Å². The highest BCUT2D eigenvalue weighted by Gasteiger charge is 2.14. The molecule has 1 aromatic carbocycles. The highest BCUT2D eigenvalue weighted by atomic mass is 32.1. The first kappa shape index (κ1) is 15.4. The zero-order valence-corrected chi connectivity index (χ0v) is 13.6. The van der Waals surface area contributed by atoms with Gasteiger partial charge in [-0.2, -0.15) is 5.10 Å². The summed E-state index contributed by atoms with van der Waals surface area (Å²) in [5.74, 6) is -0.189. The van der Waals surface area contributed by atoms with E-state index in [1.165, 1.54) is 5.56 Å². The third kappa shape index (κ3) is 4.02. The molecule has 3 nitrogen and oxygen atoms in total. The fraction of sp³-hybridized carbons (Fsp3) is 0.294. The Labute approximate surface area is 129 Å². The maximum absolute atomic E-state index is 12.1. The number of amides is 1. The second-order valence-corrected chi connectivity index (χ2v) is 6.89. The lowest BCUT2D eigenvalue weighted by molar-refractivity contribution is 0.0955. The van der Waals surface area contributed by atoms with Crippen LogP contribution in [0.1, 0.15) is 48.5 Å². The first-order valence-electron chi connectivity index (χ1n) is 6.87. The molecule has 1 heterocycles. The van der Waals surface area contributed by atoms with Crippen LogP contribution in [-0.2, 0) is 5.41 Å². The van der Waals surface area contributed by atoms with Crippen LogP contribution < -0.4 is 5.43 Å². The number of rotatable bonds is 3. The molecule has 0 unspecified atom stereocenters. The molecule has 2 aromatic rings. The SMILES string of the molecule is C/C(=N/NC(=O)c1ccc(C(C)(C)C)cc1)c1cccs1. The predicted molar refractivity (Wildman–Crippen MR) is 89.1 cm³/mol. The molecule has 0 radical (unpaired) electrons. The molecule has 0 aliphatic carbocycles. The van der Waals surface area contributed by atoms with Crippen molar-refractivity contribution in [2.75, 3.05) is 0 Å². The third-order valence-electron chi connectivity index (χ3n) is 3.22. The minimum Gasteiger partial charge on any atom is -0.267 e. The summed E-state index contributed by atoms with van der Waals surface area (Å²) < 4.78 is 0. The van der Waals surface area contributed by atoms with Crippen molar-refractivity contribution in [1.82, 2.24) is 5.43 Å². The van der Waals surface area contributed by atoms with Gasteiger partial charge in [-0.25, -0.2) is 5.43 Å². The lowest BCUT2D eigenvalue weighted by atomic mass is 9.87. The Kier molecular flexibility index (Phi) is 4.58. The predicted octanol–water partition coefficient (Wildman–Crippen LogP) is 4.20. The van der Waals surface area contributed by atoms with Gasteiger partial charge in [-0.05, 0) is 41.5 Å². The van der Waals surface area contributed by atoms with E-state index in [0.717, 1.165) is 10.6 Å². The number of nitrogens with zero attached hydrogens (tertiary/aromatic N) is 1. The van der Waals surface area contributed by atoms with Crippen molar-refractivity contribution in [3.8, 4) is 0 Å². The first-order chi connectivity index (χ1) is 9.88. The molecule has 21 heavy (non-hydrogen) atoms. The van der Waals surface area contributed by atoms with Crippen LogP contribution >= 0.6 is 11.3 Å². The highest BCUT2D eigenvalue weighted by molar-refractivity contribution is 7.12. The summed E-state index contributed by atoms with van der Waals surface area (Å²) in [6.07, 6.45) is 0. The molecule has 1 N–H and O–H groups in total. The lowest BCUT2D eigenvalue weighted by Crippen LogP contribution is -2.19. The Morgan fingerprint density at radius 2 is 1.81 bits per heavy atom. The van der Waals surface area contributed by atoms with Gasteiger partial charge in [0, 0.05) is 10.4 Å². The van der Waals surface area contributed by atoms with Crippen molar-refractivity contribution < 1.29 is 4.79 Å². The normalized spacial score (nSPS) is 12.3. The molecule has 0 aliphatic rings. The molecule has 4 heteroatoms. The largest absolute Gasteiger partial charge is 0.271 e. The zero-order valence-electron chi connectivity index (χ0n) is 12.8. The number of benzene rings is 1. The van der Waals surface area contributed by atoms with Crippen LogP contribution in [0.15, 0.2) is 46.9 Å². The number of carbonyl (C=O) groups is 1. The Morgan fingerprint density at radius 3 is 2.33 bits per heavy atom. The molecule has 0 aliphatic heterocycles. The number of nitrogens with one attached hydrogen (secondary N) is 1. The van der Waals surface area contributed by atoms with Crippen LogP contribution in [0.25, 0.3) is 0 Å². The number of carbonyl (C=O) groups excluding carboxylic acids is 1. The van der Waals surface area contributed by atoms with Gasteiger partial charge in [0.2, 0.25) is 0 Å². The third-order valence-corrected chi connectivity index (χ3v) is 4.19. The molecule has 0 bridgehead atoms. The molecular weight excluding hydrogens is 280 g/mol. The molecule has 0 saturated heterocycles.